The van der Waals surface area contributed by atoms with Crippen molar-refractivity contribution < 1.29 is 14.3 Å². The second-order valence-electron chi connectivity index (χ2n) is 6.85. The lowest BCUT2D eigenvalue weighted by Gasteiger charge is -2.16. The van der Waals surface area contributed by atoms with Gasteiger partial charge in [-0.15, -0.1) is 0 Å². The van der Waals surface area contributed by atoms with E-state index in [0.29, 0.717) is 19.1 Å². The SMILES string of the molecule is CC[C@@H](C)c1ccccc1OCCn1cc(/C=N\NC(=O)OC)c2ccccc21. The zero-order valence-corrected chi connectivity index (χ0v) is 17.1. The summed E-state index contributed by atoms with van der Waals surface area (Å²) in [4.78, 5) is 11.2. The Morgan fingerprint density at radius 1 is 1.21 bits per heavy atom. The number of benzene rings is 2. The number of ether oxygens (including phenoxy) is 2. The highest BCUT2D eigenvalue weighted by atomic mass is 16.5. The fourth-order valence-electron chi connectivity index (χ4n) is 3.26. The Labute approximate surface area is 171 Å². The van der Waals surface area contributed by atoms with E-state index in [1.165, 1.54) is 12.7 Å². The van der Waals surface area contributed by atoms with Crippen molar-refractivity contribution in [2.24, 2.45) is 5.10 Å². The zero-order chi connectivity index (χ0) is 20.6. The van der Waals surface area contributed by atoms with Crippen LogP contribution in [0.5, 0.6) is 5.75 Å². The second kappa shape index (κ2) is 9.78. The smallest absolute Gasteiger partial charge is 0.427 e. The number of methoxy groups -OCH3 is 1. The van der Waals surface area contributed by atoms with E-state index in [-0.39, 0.29) is 0 Å². The topological polar surface area (TPSA) is 64.8 Å². The molecule has 1 aromatic heterocycles. The number of rotatable bonds is 8. The van der Waals surface area contributed by atoms with E-state index < -0.39 is 6.09 Å². The maximum Gasteiger partial charge on any atom is 0.427 e. The molecule has 152 valence electrons. The van der Waals surface area contributed by atoms with Gasteiger partial charge >= 0.3 is 6.09 Å². The number of nitrogens with zero attached hydrogens (tertiary/aromatic N) is 2. The number of hydrazone groups is 1. The van der Waals surface area contributed by atoms with Crippen LogP contribution in [-0.4, -0.2) is 30.6 Å². The molecule has 0 saturated heterocycles. The highest BCUT2D eigenvalue weighted by molar-refractivity contribution is 5.99. The van der Waals surface area contributed by atoms with Gasteiger partial charge in [-0.1, -0.05) is 50.2 Å². The van der Waals surface area contributed by atoms with Gasteiger partial charge in [-0.25, -0.2) is 10.2 Å². The molecule has 0 aliphatic heterocycles. The van der Waals surface area contributed by atoms with E-state index in [4.69, 9.17) is 4.74 Å². The molecule has 0 fully saturated rings. The lowest BCUT2D eigenvalue weighted by molar-refractivity contribution is 0.171. The minimum Gasteiger partial charge on any atom is -0.491 e. The third kappa shape index (κ3) is 4.96. The molecule has 0 saturated carbocycles. The van der Waals surface area contributed by atoms with Gasteiger partial charge in [0.25, 0.3) is 0 Å². The summed E-state index contributed by atoms with van der Waals surface area (Å²) in [6.07, 6.45) is 4.11. The highest BCUT2D eigenvalue weighted by Gasteiger charge is 2.10. The lowest BCUT2D eigenvalue weighted by Crippen LogP contribution is -2.16. The van der Waals surface area contributed by atoms with E-state index in [0.717, 1.165) is 28.6 Å². The molecule has 1 amide bonds. The largest absolute Gasteiger partial charge is 0.491 e. The van der Waals surface area contributed by atoms with E-state index in [9.17, 15) is 4.79 Å². The fraction of sp³-hybridized carbons (Fsp3) is 0.304. The van der Waals surface area contributed by atoms with Gasteiger partial charge in [-0.3, -0.25) is 0 Å². The molecule has 3 rings (SSSR count). The summed E-state index contributed by atoms with van der Waals surface area (Å²) < 4.78 is 12.8. The van der Waals surface area contributed by atoms with Crippen LogP contribution >= 0.6 is 0 Å². The van der Waals surface area contributed by atoms with Crippen LogP contribution in [0, 0.1) is 0 Å². The minimum atomic E-state index is -0.599. The van der Waals surface area contributed by atoms with Gasteiger partial charge < -0.3 is 14.0 Å². The number of para-hydroxylation sites is 2. The average molecular weight is 393 g/mol. The second-order valence-corrected chi connectivity index (χ2v) is 6.85. The van der Waals surface area contributed by atoms with Crippen LogP contribution < -0.4 is 10.2 Å². The molecule has 1 heterocycles. The van der Waals surface area contributed by atoms with Crippen molar-refractivity contribution in [2.75, 3.05) is 13.7 Å². The number of fused-ring (bicyclic) bond motifs is 1. The summed E-state index contributed by atoms with van der Waals surface area (Å²) in [6.45, 7) is 5.66. The summed E-state index contributed by atoms with van der Waals surface area (Å²) in [6, 6.07) is 16.3. The summed E-state index contributed by atoms with van der Waals surface area (Å²) in [5.41, 5.74) is 5.56. The molecule has 0 aliphatic rings. The molecule has 29 heavy (non-hydrogen) atoms. The van der Waals surface area contributed by atoms with Crippen LogP contribution in [0.4, 0.5) is 4.79 Å². The third-order valence-electron chi connectivity index (χ3n) is 5.02. The average Bonchev–Trinajstić information content (AvgIpc) is 3.11. The number of amides is 1. The Morgan fingerprint density at radius 2 is 1.97 bits per heavy atom. The third-order valence-corrected chi connectivity index (χ3v) is 5.02. The van der Waals surface area contributed by atoms with Gasteiger partial charge in [0.05, 0.1) is 19.9 Å². The van der Waals surface area contributed by atoms with Crippen molar-refractivity contribution in [1.29, 1.82) is 0 Å². The summed E-state index contributed by atoms with van der Waals surface area (Å²) in [5.74, 6) is 1.41. The number of aromatic nitrogens is 1. The van der Waals surface area contributed by atoms with E-state index >= 15 is 0 Å². The molecule has 0 bridgehead atoms. The summed E-state index contributed by atoms with van der Waals surface area (Å²) in [5, 5.41) is 5.01. The van der Waals surface area contributed by atoms with Crippen molar-refractivity contribution in [2.45, 2.75) is 32.7 Å². The van der Waals surface area contributed by atoms with Crippen LogP contribution in [0.25, 0.3) is 10.9 Å². The monoisotopic (exact) mass is 393 g/mol. The maximum atomic E-state index is 11.2. The van der Waals surface area contributed by atoms with Crippen molar-refractivity contribution in [3.8, 4) is 5.75 Å². The number of carbonyl (C=O) groups is 1. The maximum absolute atomic E-state index is 11.2. The van der Waals surface area contributed by atoms with Gasteiger partial charge in [0.1, 0.15) is 12.4 Å². The molecule has 0 radical (unpaired) electrons. The zero-order valence-electron chi connectivity index (χ0n) is 17.1. The molecule has 3 aromatic rings. The summed E-state index contributed by atoms with van der Waals surface area (Å²) in [7, 11) is 1.30. The van der Waals surface area contributed by atoms with Gasteiger partial charge in [0.15, 0.2) is 0 Å². The van der Waals surface area contributed by atoms with E-state index in [2.05, 4.69) is 51.9 Å². The van der Waals surface area contributed by atoms with Crippen LogP contribution in [0.2, 0.25) is 0 Å². The normalized spacial score (nSPS) is 12.2. The predicted octanol–water partition coefficient (Wildman–Crippen LogP) is 4.92. The Hall–Kier alpha value is -3.28. The standard InChI is InChI=1S/C23H27N3O3/c1-4-17(2)19-9-6-8-12-22(19)29-14-13-26-16-18(15-24-25-23(27)28-3)20-10-5-7-11-21(20)26/h5-12,15-17H,4,13-14H2,1-3H3,(H,25,27)/b24-15-/t17-/m1/s1. The van der Waals surface area contributed by atoms with Gasteiger partial charge in [0.2, 0.25) is 0 Å². The molecule has 1 N–H and O–H groups in total. The lowest BCUT2D eigenvalue weighted by atomic mass is 9.98. The number of nitrogens with one attached hydrogen (secondary N) is 1. The van der Waals surface area contributed by atoms with Crippen LogP contribution in [0.3, 0.4) is 0 Å². The van der Waals surface area contributed by atoms with Crippen LogP contribution in [0.15, 0.2) is 59.8 Å². The van der Waals surface area contributed by atoms with Gasteiger partial charge in [-0.05, 0) is 30.0 Å². The number of hydrogen-bond acceptors (Lipinski definition) is 4. The van der Waals surface area contributed by atoms with Gasteiger partial charge in [0, 0.05) is 22.7 Å². The first-order valence-corrected chi connectivity index (χ1v) is 9.80. The van der Waals surface area contributed by atoms with Crippen molar-refractivity contribution in [3.05, 3.63) is 65.9 Å². The quantitative estimate of drug-likeness (QED) is 0.436. The predicted molar refractivity (Wildman–Crippen MR) is 116 cm³/mol. The molecular weight excluding hydrogens is 366 g/mol. The Kier molecular flexibility index (Phi) is 6.89. The van der Waals surface area contributed by atoms with Crippen LogP contribution in [0.1, 0.15) is 37.3 Å². The van der Waals surface area contributed by atoms with Crippen molar-refractivity contribution in [3.63, 3.8) is 0 Å². The molecule has 1 atom stereocenters. The minimum absolute atomic E-state index is 0.462. The molecule has 0 unspecified atom stereocenters. The molecule has 6 heteroatoms. The van der Waals surface area contributed by atoms with Crippen molar-refractivity contribution in [1.82, 2.24) is 9.99 Å². The van der Waals surface area contributed by atoms with E-state index in [1.54, 1.807) is 6.21 Å². The molecule has 0 aliphatic carbocycles. The molecule has 0 spiro atoms. The first-order valence-electron chi connectivity index (χ1n) is 9.80. The molecule has 2 aromatic carbocycles. The molecule has 6 nitrogen and oxygen atoms in total. The Balaban J connectivity index is 1.74. The first kappa shape index (κ1) is 20.5. The highest BCUT2D eigenvalue weighted by Crippen LogP contribution is 2.28. The Morgan fingerprint density at radius 3 is 2.76 bits per heavy atom. The fourth-order valence-corrected chi connectivity index (χ4v) is 3.26. The number of carbonyl (C=O) groups excluding carboxylic acids is 1. The number of hydrogen-bond donors (Lipinski definition) is 1. The van der Waals surface area contributed by atoms with Gasteiger partial charge in [-0.2, -0.15) is 5.10 Å². The van der Waals surface area contributed by atoms with E-state index in [1.807, 2.05) is 36.5 Å². The van der Waals surface area contributed by atoms with Crippen LogP contribution in [-0.2, 0) is 11.3 Å². The summed E-state index contributed by atoms with van der Waals surface area (Å²) >= 11 is 0. The van der Waals surface area contributed by atoms with Crippen molar-refractivity contribution >= 4 is 23.2 Å². The molecular formula is C23H27N3O3. The first-order chi connectivity index (χ1) is 14.1. The Bertz CT molecular complexity index is 994.